The second-order valence-corrected chi connectivity index (χ2v) is 6.18. The summed E-state index contributed by atoms with van der Waals surface area (Å²) in [5.41, 5.74) is 1.28. The van der Waals surface area contributed by atoms with E-state index < -0.39 is 17.9 Å². The minimum absolute atomic E-state index is 0.101. The van der Waals surface area contributed by atoms with E-state index in [4.69, 9.17) is 4.74 Å². The van der Waals surface area contributed by atoms with Crippen molar-refractivity contribution in [2.45, 2.75) is 18.9 Å². The SMILES string of the molecule is O=C(COc1ccc(N2CCCC2=O)cc1)N[C@@H](C(=O)O)c1ccccc1. The number of nitrogens with one attached hydrogen (secondary N) is 1. The number of carboxylic acids is 1. The van der Waals surface area contributed by atoms with Crippen LogP contribution in [0.5, 0.6) is 5.75 Å². The Morgan fingerprint density at radius 2 is 1.81 bits per heavy atom. The highest BCUT2D eigenvalue weighted by molar-refractivity contribution is 5.95. The number of nitrogens with zero attached hydrogens (tertiary/aromatic N) is 1. The molecule has 27 heavy (non-hydrogen) atoms. The molecule has 0 bridgehead atoms. The smallest absolute Gasteiger partial charge is 0.330 e. The standard InChI is InChI=1S/C20H20N2O5/c23-17(21-19(20(25)26)14-5-2-1-3-6-14)13-27-16-10-8-15(9-11-16)22-12-4-7-18(22)24/h1-3,5-6,8-11,19H,4,7,12-13H2,(H,21,23)(H,25,26)/t19-/m1/s1. The summed E-state index contributed by atoms with van der Waals surface area (Å²) in [5, 5.41) is 11.8. The summed E-state index contributed by atoms with van der Waals surface area (Å²) in [6.07, 6.45) is 1.41. The van der Waals surface area contributed by atoms with E-state index in [0.29, 0.717) is 24.3 Å². The van der Waals surface area contributed by atoms with Gasteiger partial charge in [-0.3, -0.25) is 9.59 Å². The molecule has 2 N–H and O–H groups in total. The largest absolute Gasteiger partial charge is 0.484 e. The number of ether oxygens (including phenoxy) is 1. The van der Waals surface area contributed by atoms with Crippen LogP contribution in [0.4, 0.5) is 5.69 Å². The van der Waals surface area contributed by atoms with Gasteiger partial charge in [0.15, 0.2) is 12.6 Å². The molecule has 1 fully saturated rings. The summed E-state index contributed by atoms with van der Waals surface area (Å²) in [4.78, 5) is 36.9. The molecule has 1 aliphatic heterocycles. The van der Waals surface area contributed by atoms with Gasteiger partial charge in [0, 0.05) is 18.7 Å². The number of carboxylic acid groups (broad SMARTS) is 1. The maximum absolute atomic E-state index is 12.1. The number of rotatable bonds is 7. The van der Waals surface area contributed by atoms with Gasteiger partial charge >= 0.3 is 5.97 Å². The molecule has 2 aromatic rings. The Morgan fingerprint density at radius 3 is 2.41 bits per heavy atom. The molecule has 3 rings (SSSR count). The second kappa shape index (κ2) is 8.35. The Labute approximate surface area is 156 Å². The monoisotopic (exact) mass is 368 g/mol. The van der Waals surface area contributed by atoms with Crippen molar-refractivity contribution in [1.29, 1.82) is 0 Å². The molecule has 140 valence electrons. The highest BCUT2D eigenvalue weighted by Crippen LogP contribution is 2.23. The van der Waals surface area contributed by atoms with Crippen LogP contribution in [0.3, 0.4) is 0 Å². The van der Waals surface area contributed by atoms with Crippen molar-refractivity contribution in [3.05, 3.63) is 60.2 Å². The Balaban J connectivity index is 1.55. The Hall–Kier alpha value is -3.35. The van der Waals surface area contributed by atoms with Crippen LogP contribution in [0, 0.1) is 0 Å². The zero-order valence-corrected chi connectivity index (χ0v) is 14.6. The van der Waals surface area contributed by atoms with Crippen LogP contribution in [0.25, 0.3) is 0 Å². The van der Waals surface area contributed by atoms with E-state index >= 15 is 0 Å². The lowest BCUT2D eigenvalue weighted by Crippen LogP contribution is -2.36. The number of anilines is 1. The summed E-state index contributed by atoms with van der Waals surface area (Å²) in [6.45, 7) is 0.399. The molecule has 1 atom stereocenters. The second-order valence-electron chi connectivity index (χ2n) is 6.18. The van der Waals surface area contributed by atoms with Crippen LogP contribution in [0.2, 0.25) is 0 Å². The molecule has 0 saturated carbocycles. The van der Waals surface area contributed by atoms with Crippen molar-refractivity contribution in [3.63, 3.8) is 0 Å². The van der Waals surface area contributed by atoms with Crippen LogP contribution in [-0.2, 0) is 14.4 Å². The number of hydrogen-bond acceptors (Lipinski definition) is 4. The normalized spacial score (nSPS) is 14.7. The summed E-state index contributed by atoms with van der Waals surface area (Å²) in [5.74, 6) is -1.12. The van der Waals surface area contributed by atoms with Crippen molar-refractivity contribution >= 4 is 23.5 Å². The zero-order valence-electron chi connectivity index (χ0n) is 14.6. The van der Waals surface area contributed by atoms with Gasteiger partial charge in [0.1, 0.15) is 5.75 Å². The minimum atomic E-state index is -1.14. The Morgan fingerprint density at radius 1 is 1.11 bits per heavy atom. The van der Waals surface area contributed by atoms with Crippen molar-refractivity contribution in [1.82, 2.24) is 5.32 Å². The lowest BCUT2D eigenvalue weighted by atomic mass is 10.1. The van der Waals surface area contributed by atoms with Crippen molar-refractivity contribution in [2.24, 2.45) is 0 Å². The Bertz CT molecular complexity index is 820. The van der Waals surface area contributed by atoms with Gasteiger partial charge in [-0.1, -0.05) is 30.3 Å². The van der Waals surface area contributed by atoms with Crippen molar-refractivity contribution in [2.75, 3.05) is 18.1 Å². The summed E-state index contributed by atoms with van der Waals surface area (Å²) in [7, 11) is 0. The number of hydrogen-bond donors (Lipinski definition) is 2. The van der Waals surface area contributed by atoms with Gasteiger partial charge in [0.2, 0.25) is 5.91 Å². The van der Waals surface area contributed by atoms with Crippen LogP contribution in [-0.4, -0.2) is 36.0 Å². The number of carbonyl (C=O) groups is 3. The topological polar surface area (TPSA) is 95.9 Å². The number of carbonyl (C=O) groups excluding carboxylic acids is 2. The fourth-order valence-corrected chi connectivity index (χ4v) is 2.93. The molecular formula is C20H20N2O5. The van der Waals surface area contributed by atoms with Crippen LogP contribution in [0.1, 0.15) is 24.4 Å². The maximum atomic E-state index is 12.1. The number of amides is 2. The van der Waals surface area contributed by atoms with Crippen LogP contribution < -0.4 is 15.0 Å². The van der Waals surface area contributed by atoms with Gasteiger partial charge in [-0.05, 0) is 36.2 Å². The predicted octanol–water partition coefficient (Wildman–Crippen LogP) is 2.13. The third-order valence-corrected chi connectivity index (χ3v) is 4.28. The minimum Gasteiger partial charge on any atom is -0.484 e. The third kappa shape index (κ3) is 4.63. The molecular weight excluding hydrogens is 348 g/mol. The first-order valence-corrected chi connectivity index (χ1v) is 8.65. The van der Waals surface area contributed by atoms with Crippen molar-refractivity contribution < 1.29 is 24.2 Å². The third-order valence-electron chi connectivity index (χ3n) is 4.28. The van der Waals surface area contributed by atoms with E-state index in [1.807, 2.05) is 0 Å². The Kier molecular flexibility index (Phi) is 5.71. The molecule has 0 aromatic heterocycles. The fraction of sp³-hybridized carbons (Fsp3) is 0.250. The predicted molar refractivity (Wildman–Crippen MR) is 98.5 cm³/mol. The molecule has 0 unspecified atom stereocenters. The molecule has 0 radical (unpaired) electrons. The van der Waals surface area contributed by atoms with Gasteiger partial charge < -0.3 is 20.1 Å². The van der Waals surface area contributed by atoms with Gasteiger partial charge in [-0.15, -0.1) is 0 Å². The molecule has 2 amide bonds. The summed E-state index contributed by atoms with van der Waals surface area (Å²) in [6, 6.07) is 14.2. The van der Waals surface area contributed by atoms with E-state index in [1.54, 1.807) is 59.5 Å². The van der Waals surface area contributed by atoms with E-state index in [2.05, 4.69) is 5.32 Å². The van der Waals surface area contributed by atoms with Gasteiger partial charge in [-0.2, -0.15) is 0 Å². The number of aliphatic carboxylic acids is 1. The van der Waals surface area contributed by atoms with Crippen LogP contribution >= 0.6 is 0 Å². The van der Waals surface area contributed by atoms with E-state index in [-0.39, 0.29) is 12.5 Å². The average molecular weight is 368 g/mol. The molecule has 1 heterocycles. The van der Waals surface area contributed by atoms with E-state index in [9.17, 15) is 19.5 Å². The molecule has 0 spiro atoms. The first kappa shape index (κ1) is 18.4. The fourth-order valence-electron chi connectivity index (χ4n) is 2.93. The first-order chi connectivity index (χ1) is 13.0. The summed E-state index contributed by atoms with van der Waals surface area (Å²) < 4.78 is 5.42. The van der Waals surface area contributed by atoms with E-state index in [0.717, 1.165) is 12.1 Å². The van der Waals surface area contributed by atoms with Gasteiger partial charge in [0.25, 0.3) is 5.91 Å². The molecule has 1 saturated heterocycles. The lowest BCUT2D eigenvalue weighted by Gasteiger charge is -2.17. The van der Waals surface area contributed by atoms with Crippen molar-refractivity contribution in [3.8, 4) is 5.75 Å². The molecule has 2 aromatic carbocycles. The zero-order chi connectivity index (χ0) is 19.2. The highest BCUT2D eigenvalue weighted by Gasteiger charge is 2.23. The molecule has 7 nitrogen and oxygen atoms in total. The maximum Gasteiger partial charge on any atom is 0.330 e. The van der Waals surface area contributed by atoms with E-state index in [1.165, 1.54) is 0 Å². The lowest BCUT2D eigenvalue weighted by molar-refractivity contribution is -0.142. The van der Waals surface area contributed by atoms with Crippen LogP contribution in [0.15, 0.2) is 54.6 Å². The van der Waals surface area contributed by atoms with Gasteiger partial charge in [0.05, 0.1) is 0 Å². The quantitative estimate of drug-likeness (QED) is 0.781. The molecule has 0 aliphatic carbocycles. The number of benzene rings is 2. The summed E-state index contributed by atoms with van der Waals surface area (Å²) >= 11 is 0. The van der Waals surface area contributed by atoms with Gasteiger partial charge in [-0.25, -0.2) is 4.79 Å². The molecule has 7 heteroatoms. The molecule has 1 aliphatic rings. The highest BCUT2D eigenvalue weighted by atomic mass is 16.5. The first-order valence-electron chi connectivity index (χ1n) is 8.65. The average Bonchev–Trinajstić information content (AvgIpc) is 3.11.